The van der Waals surface area contributed by atoms with Crippen LogP contribution in [0.1, 0.15) is 10.4 Å². The standard InChI is InChI=1S/C18H16N4O3S2/c19-27(24,25)15-7-3-13(4-8-15)17(23)20-14-5-1-12(2-6-14)16-11-22-9-10-26-18(22)21-16/h1-8,11H,9-10H2,(H,20,23)(H2,19,24,25). The van der Waals surface area contributed by atoms with Crippen LogP contribution in [-0.2, 0) is 16.6 Å². The van der Waals surface area contributed by atoms with Gasteiger partial charge in [-0.25, -0.2) is 18.5 Å². The van der Waals surface area contributed by atoms with E-state index in [4.69, 9.17) is 5.14 Å². The van der Waals surface area contributed by atoms with Crippen LogP contribution in [0.2, 0.25) is 0 Å². The average Bonchev–Trinajstić information content (AvgIpc) is 3.24. The molecule has 138 valence electrons. The first kappa shape index (κ1) is 17.8. The molecule has 1 aromatic heterocycles. The minimum absolute atomic E-state index is 0.0338. The van der Waals surface area contributed by atoms with E-state index in [2.05, 4.69) is 14.9 Å². The molecule has 2 aromatic carbocycles. The van der Waals surface area contributed by atoms with Crippen LogP contribution in [0.15, 0.2) is 64.8 Å². The average molecular weight is 400 g/mol. The number of nitrogens with zero attached hydrogens (tertiary/aromatic N) is 2. The van der Waals surface area contributed by atoms with E-state index in [9.17, 15) is 13.2 Å². The molecular weight excluding hydrogens is 384 g/mol. The summed E-state index contributed by atoms with van der Waals surface area (Å²) in [7, 11) is -3.78. The summed E-state index contributed by atoms with van der Waals surface area (Å²) in [6.45, 7) is 0.978. The molecule has 3 N–H and O–H groups in total. The summed E-state index contributed by atoms with van der Waals surface area (Å²) < 4.78 is 24.7. The molecule has 0 fully saturated rings. The van der Waals surface area contributed by atoms with Crippen LogP contribution in [0, 0.1) is 0 Å². The van der Waals surface area contributed by atoms with Crippen molar-refractivity contribution >= 4 is 33.4 Å². The fraction of sp³-hybridized carbons (Fsp3) is 0.111. The Morgan fingerprint density at radius 2 is 1.81 bits per heavy atom. The number of aromatic nitrogens is 2. The molecule has 0 bridgehead atoms. The van der Waals surface area contributed by atoms with Crippen LogP contribution in [0.5, 0.6) is 0 Å². The number of fused-ring (bicyclic) bond motifs is 1. The lowest BCUT2D eigenvalue weighted by Gasteiger charge is -2.07. The van der Waals surface area contributed by atoms with Gasteiger partial charge in [0.25, 0.3) is 5.91 Å². The zero-order valence-electron chi connectivity index (χ0n) is 14.1. The van der Waals surface area contributed by atoms with E-state index < -0.39 is 10.0 Å². The maximum atomic E-state index is 12.3. The molecule has 0 aliphatic carbocycles. The highest BCUT2D eigenvalue weighted by atomic mass is 32.2. The van der Waals surface area contributed by atoms with E-state index in [0.29, 0.717) is 11.3 Å². The van der Waals surface area contributed by atoms with Crippen molar-refractivity contribution < 1.29 is 13.2 Å². The first-order valence-electron chi connectivity index (χ1n) is 8.15. The smallest absolute Gasteiger partial charge is 0.255 e. The molecule has 2 heterocycles. The lowest BCUT2D eigenvalue weighted by molar-refractivity contribution is 0.102. The van der Waals surface area contributed by atoms with Gasteiger partial charge in [0.15, 0.2) is 5.16 Å². The third-order valence-corrected chi connectivity index (χ3v) is 6.09. The highest BCUT2D eigenvalue weighted by molar-refractivity contribution is 7.99. The van der Waals surface area contributed by atoms with Crippen molar-refractivity contribution in [3.8, 4) is 11.3 Å². The van der Waals surface area contributed by atoms with Crippen molar-refractivity contribution in [1.82, 2.24) is 9.55 Å². The molecule has 1 aliphatic heterocycles. The number of nitrogens with two attached hydrogens (primary N) is 1. The first-order chi connectivity index (χ1) is 12.9. The number of rotatable bonds is 4. The van der Waals surface area contributed by atoms with Crippen molar-refractivity contribution in [3.05, 3.63) is 60.3 Å². The molecule has 1 amide bonds. The number of hydrogen-bond acceptors (Lipinski definition) is 5. The number of imidazole rings is 1. The summed E-state index contributed by atoms with van der Waals surface area (Å²) in [5.41, 5.74) is 2.87. The summed E-state index contributed by atoms with van der Waals surface area (Å²) in [6.07, 6.45) is 2.04. The Bertz CT molecular complexity index is 1080. The first-order valence-corrected chi connectivity index (χ1v) is 10.7. The summed E-state index contributed by atoms with van der Waals surface area (Å²) in [6, 6.07) is 12.9. The van der Waals surface area contributed by atoms with Gasteiger partial charge in [-0.2, -0.15) is 0 Å². The second-order valence-corrected chi connectivity index (χ2v) is 8.67. The van der Waals surface area contributed by atoms with Gasteiger partial charge in [-0.1, -0.05) is 23.9 Å². The summed E-state index contributed by atoms with van der Waals surface area (Å²) in [4.78, 5) is 16.9. The number of sulfonamides is 1. The van der Waals surface area contributed by atoms with E-state index in [1.165, 1.54) is 24.3 Å². The summed E-state index contributed by atoms with van der Waals surface area (Å²) in [5, 5.41) is 8.87. The lowest BCUT2D eigenvalue weighted by Crippen LogP contribution is -2.14. The number of primary sulfonamides is 1. The number of carbonyl (C=O) groups is 1. The fourth-order valence-corrected chi connectivity index (χ4v) is 4.23. The maximum absolute atomic E-state index is 12.3. The van der Waals surface area contributed by atoms with Gasteiger partial charge in [0, 0.05) is 35.3 Å². The molecule has 0 saturated heterocycles. The number of aryl methyl sites for hydroxylation is 1. The number of hydrogen-bond donors (Lipinski definition) is 2. The van der Waals surface area contributed by atoms with Gasteiger partial charge in [-0.3, -0.25) is 4.79 Å². The van der Waals surface area contributed by atoms with Gasteiger partial charge >= 0.3 is 0 Å². The summed E-state index contributed by atoms with van der Waals surface area (Å²) in [5.74, 6) is 0.729. The molecule has 7 nitrogen and oxygen atoms in total. The second-order valence-electron chi connectivity index (χ2n) is 6.05. The lowest BCUT2D eigenvalue weighted by atomic mass is 10.1. The number of benzene rings is 2. The predicted octanol–water partition coefficient (Wildman–Crippen LogP) is 2.56. The van der Waals surface area contributed by atoms with Crippen LogP contribution in [0.3, 0.4) is 0 Å². The highest BCUT2D eigenvalue weighted by Gasteiger charge is 2.15. The van der Waals surface area contributed by atoms with Crippen LogP contribution in [-0.4, -0.2) is 29.6 Å². The van der Waals surface area contributed by atoms with E-state index >= 15 is 0 Å². The van der Waals surface area contributed by atoms with E-state index in [0.717, 1.165) is 28.7 Å². The van der Waals surface area contributed by atoms with Gasteiger partial charge in [-0.15, -0.1) is 0 Å². The Labute approximate surface area is 160 Å². The normalized spacial score (nSPS) is 13.4. The Morgan fingerprint density at radius 3 is 2.44 bits per heavy atom. The second kappa shape index (κ2) is 6.84. The van der Waals surface area contributed by atoms with Crippen molar-refractivity contribution in [2.24, 2.45) is 5.14 Å². The maximum Gasteiger partial charge on any atom is 0.255 e. The van der Waals surface area contributed by atoms with Gasteiger partial charge < -0.3 is 9.88 Å². The highest BCUT2D eigenvalue weighted by Crippen LogP contribution is 2.29. The molecule has 27 heavy (non-hydrogen) atoms. The van der Waals surface area contributed by atoms with E-state index in [1.54, 1.807) is 11.8 Å². The minimum Gasteiger partial charge on any atom is -0.325 e. The largest absolute Gasteiger partial charge is 0.325 e. The molecule has 1 aliphatic rings. The van der Waals surface area contributed by atoms with Crippen LogP contribution < -0.4 is 10.5 Å². The number of nitrogens with one attached hydrogen (secondary N) is 1. The number of anilines is 1. The molecule has 0 saturated carbocycles. The van der Waals surface area contributed by atoms with Crippen molar-refractivity contribution in [3.63, 3.8) is 0 Å². The van der Waals surface area contributed by atoms with Crippen LogP contribution >= 0.6 is 11.8 Å². The van der Waals surface area contributed by atoms with Gasteiger partial charge in [0.2, 0.25) is 10.0 Å². The SMILES string of the molecule is NS(=O)(=O)c1ccc(C(=O)Nc2ccc(-c3cn4c(n3)SCC4)cc2)cc1. The molecule has 0 radical (unpaired) electrons. The molecular formula is C18H16N4O3S2. The Kier molecular flexibility index (Phi) is 4.50. The van der Waals surface area contributed by atoms with Gasteiger partial charge in [-0.05, 0) is 36.4 Å². The molecule has 3 aromatic rings. The monoisotopic (exact) mass is 400 g/mol. The minimum atomic E-state index is -3.78. The van der Waals surface area contributed by atoms with Crippen molar-refractivity contribution in [2.75, 3.05) is 11.1 Å². The Balaban J connectivity index is 1.47. The summed E-state index contributed by atoms with van der Waals surface area (Å²) >= 11 is 1.74. The Hall–Kier alpha value is -2.62. The fourth-order valence-electron chi connectivity index (χ4n) is 2.77. The van der Waals surface area contributed by atoms with Gasteiger partial charge in [0.05, 0.1) is 10.6 Å². The topological polar surface area (TPSA) is 107 Å². The van der Waals surface area contributed by atoms with Crippen molar-refractivity contribution in [1.29, 1.82) is 0 Å². The zero-order chi connectivity index (χ0) is 19.0. The number of amides is 1. The third kappa shape index (κ3) is 3.75. The molecule has 0 spiro atoms. The quantitative estimate of drug-likeness (QED) is 0.700. The third-order valence-electron chi connectivity index (χ3n) is 4.19. The molecule has 9 heteroatoms. The van der Waals surface area contributed by atoms with Gasteiger partial charge in [0.1, 0.15) is 0 Å². The van der Waals surface area contributed by atoms with E-state index in [-0.39, 0.29) is 10.8 Å². The molecule has 0 unspecified atom stereocenters. The Morgan fingerprint density at radius 1 is 1.11 bits per heavy atom. The zero-order valence-corrected chi connectivity index (χ0v) is 15.8. The van der Waals surface area contributed by atoms with E-state index in [1.807, 2.05) is 30.5 Å². The van der Waals surface area contributed by atoms with Crippen LogP contribution in [0.25, 0.3) is 11.3 Å². The van der Waals surface area contributed by atoms with Crippen LogP contribution in [0.4, 0.5) is 5.69 Å². The predicted molar refractivity (Wildman–Crippen MR) is 104 cm³/mol. The number of thioether (sulfide) groups is 1. The van der Waals surface area contributed by atoms with Crippen molar-refractivity contribution in [2.45, 2.75) is 16.6 Å². The number of carbonyl (C=O) groups excluding carboxylic acids is 1. The molecule has 0 atom stereocenters. The molecule has 4 rings (SSSR count).